The fourth-order valence-corrected chi connectivity index (χ4v) is 6.10. The SMILES string of the molecule is O=C(Nc1ccn(CC(=O)N2CCN(c3ccc(-c4ncccn4)cc3)CC2)c1)c1cc2c(-c3ccncc3)n[nH]c2s1. The zero-order valence-electron chi connectivity index (χ0n) is 23.1. The van der Waals surface area contributed by atoms with E-state index >= 15 is 0 Å². The molecule has 2 N–H and O–H groups in total. The maximum Gasteiger partial charge on any atom is 0.265 e. The van der Waals surface area contributed by atoms with Crippen LogP contribution in [0.3, 0.4) is 0 Å². The third-order valence-electron chi connectivity index (χ3n) is 7.45. The first-order valence-corrected chi connectivity index (χ1v) is 14.7. The standard InChI is InChI=1S/C31H27N9O2S/c41-27(40-16-14-39(15-17-40)24-4-2-22(3-5-24)29-33-9-1-10-34-29)20-38-13-8-23(19-38)35-30(42)26-18-25-28(36-37-31(25)43-26)21-6-11-32-12-7-21/h1-13,18-19H,14-17,20H2,(H,35,42)(H,36,37). The van der Waals surface area contributed by atoms with Gasteiger partial charge in [-0.05, 0) is 54.6 Å². The summed E-state index contributed by atoms with van der Waals surface area (Å²) in [4.78, 5) is 44.3. The molecular weight excluding hydrogens is 562 g/mol. The molecule has 0 saturated carbocycles. The highest BCUT2D eigenvalue weighted by Crippen LogP contribution is 2.32. The van der Waals surface area contributed by atoms with Gasteiger partial charge >= 0.3 is 0 Å². The van der Waals surface area contributed by atoms with Gasteiger partial charge < -0.3 is 19.7 Å². The molecule has 0 aliphatic carbocycles. The lowest BCUT2D eigenvalue weighted by atomic mass is 10.1. The fraction of sp³-hybridized carbons (Fsp3) is 0.161. The average molecular weight is 590 g/mol. The molecule has 6 heterocycles. The van der Waals surface area contributed by atoms with E-state index in [0.717, 1.165) is 45.8 Å². The number of nitrogens with zero attached hydrogens (tertiary/aromatic N) is 7. The highest BCUT2D eigenvalue weighted by atomic mass is 32.1. The van der Waals surface area contributed by atoms with Crippen LogP contribution in [0.1, 0.15) is 9.67 Å². The van der Waals surface area contributed by atoms with Crippen molar-refractivity contribution < 1.29 is 9.59 Å². The second-order valence-electron chi connectivity index (χ2n) is 10.2. The lowest BCUT2D eigenvalue weighted by Gasteiger charge is -2.36. The normalized spacial score (nSPS) is 13.4. The smallest absolute Gasteiger partial charge is 0.265 e. The maximum atomic E-state index is 13.1. The summed E-state index contributed by atoms with van der Waals surface area (Å²) in [6.07, 6.45) is 10.5. The molecule has 12 heteroatoms. The Morgan fingerprint density at radius 2 is 1.67 bits per heavy atom. The van der Waals surface area contributed by atoms with E-state index in [-0.39, 0.29) is 18.4 Å². The highest BCUT2D eigenvalue weighted by Gasteiger charge is 2.22. The van der Waals surface area contributed by atoms with Gasteiger partial charge in [0.05, 0.1) is 10.6 Å². The topological polar surface area (TPSA) is 125 Å². The molecule has 7 rings (SSSR count). The number of thiophene rings is 1. The molecule has 6 aromatic rings. The summed E-state index contributed by atoms with van der Waals surface area (Å²) in [6, 6.07) is 17.4. The Bertz CT molecular complexity index is 1870. The van der Waals surface area contributed by atoms with Gasteiger partial charge in [0.1, 0.15) is 17.1 Å². The first-order valence-electron chi connectivity index (χ1n) is 13.9. The molecule has 5 aromatic heterocycles. The van der Waals surface area contributed by atoms with Crippen LogP contribution in [-0.4, -0.2) is 72.6 Å². The number of pyridine rings is 1. The van der Waals surface area contributed by atoms with Gasteiger partial charge in [-0.3, -0.25) is 19.7 Å². The minimum Gasteiger partial charge on any atom is -0.368 e. The molecule has 1 aliphatic rings. The van der Waals surface area contributed by atoms with Gasteiger partial charge in [-0.25, -0.2) is 9.97 Å². The van der Waals surface area contributed by atoms with Crippen LogP contribution in [0.15, 0.2) is 91.8 Å². The summed E-state index contributed by atoms with van der Waals surface area (Å²) in [7, 11) is 0. The van der Waals surface area contributed by atoms with Crippen molar-refractivity contribution >= 4 is 44.7 Å². The number of aromatic nitrogens is 6. The fourth-order valence-electron chi connectivity index (χ4n) is 5.20. The monoisotopic (exact) mass is 589 g/mol. The third-order valence-corrected chi connectivity index (χ3v) is 8.49. The van der Waals surface area contributed by atoms with E-state index in [0.29, 0.717) is 29.5 Å². The van der Waals surface area contributed by atoms with Crippen LogP contribution >= 0.6 is 11.3 Å². The number of amides is 2. The van der Waals surface area contributed by atoms with Crippen molar-refractivity contribution in [1.82, 2.24) is 34.6 Å². The molecule has 0 spiro atoms. The van der Waals surface area contributed by atoms with E-state index < -0.39 is 0 Å². The molecule has 0 unspecified atom stereocenters. The molecule has 43 heavy (non-hydrogen) atoms. The zero-order chi connectivity index (χ0) is 29.2. The molecule has 1 aromatic carbocycles. The van der Waals surface area contributed by atoms with Crippen molar-refractivity contribution in [1.29, 1.82) is 0 Å². The van der Waals surface area contributed by atoms with Crippen molar-refractivity contribution in [3.8, 4) is 22.6 Å². The minimum atomic E-state index is -0.209. The van der Waals surface area contributed by atoms with Crippen LogP contribution < -0.4 is 10.2 Å². The van der Waals surface area contributed by atoms with Crippen LogP contribution in [0.2, 0.25) is 0 Å². The first-order chi connectivity index (χ1) is 21.1. The van der Waals surface area contributed by atoms with Gasteiger partial charge in [0.15, 0.2) is 5.82 Å². The van der Waals surface area contributed by atoms with Crippen molar-refractivity contribution in [2.75, 3.05) is 36.4 Å². The van der Waals surface area contributed by atoms with E-state index in [1.807, 2.05) is 41.4 Å². The Labute approximate surface area is 250 Å². The Kier molecular flexibility index (Phi) is 7.09. The van der Waals surface area contributed by atoms with E-state index in [1.54, 1.807) is 47.7 Å². The highest BCUT2D eigenvalue weighted by molar-refractivity contribution is 7.20. The van der Waals surface area contributed by atoms with Crippen molar-refractivity contribution in [3.05, 3.63) is 96.7 Å². The summed E-state index contributed by atoms with van der Waals surface area (Å²) in [5.41, 5.74) is 4.44. The number of anilines is 2. The van der Waals surface area contributed by atoms with Gasteiger partial charge in [-0.1, -0.05) is 0 Å². The lowest BCUT2D eigenvalue weighted by Crippen LogP contribution is -2.49. The molecular formula is C31H27N9O2S. The second-order valence-corrected chi connectivity index (χ2v) is 11.2. The molecule has 1 aliphatic heterocycles. The van der Waals surface area contributed by atoms with Gasteiger partial charge in [-0.2, -0.15) is 5.10 Å². The Balaban J connectivity index is 0.927. The average Bonchev–Trinajstić information content (AvgIpc) is 3.79. The summed E-state index contributed by atoms with van der Waals surface area (Å²) in [5, 5.41) is 11.2. The quantitative estimate of drug-likeness (QED) is 0.280. The summed E-state index contributed by atoms with van der Waals surface area (Å²) < 4.78 is 1.80. The number of nitrogens with one attached hydrogen (secondary N) is 2. The molecule has 0 bridgehead atoms. The van der Waals surface area contributed by atoms with E-state index in [1.165, 1.54) is 11.3 Å². The predicted octanol–water partition coefficient (Wildman–Crippen LogP) is 4.55. The number of piperazine rings is 1. The van der Waals surface area contributed by atoms with Crippen molar-refractivity contribution in [2.45, 2.75) is 6.54 Å². The number of carbonyl (C=O) groups is 2. The Morgan fingerprint density at radius 3 is 2.44 bits per heavy atom. The van der Waals surface area contributed by atoms with Gasteiger partial charge in [0.2, 0.25) is 5.91 Å². The molecule has 214 valence electrons. The number of benzene rings is 1. The maximum absolute atomic E-state index is 13.1. The van der Waals surface area contributed by atoms with Gasteiger partial charge in [0, 0.05) is 85.6 Å². The first kappa shape index (κ1) is 26.5. The van der Waals surface area contributed by atoms with Crippen LogP contribution in [-0.2, 0) is 11.3 Å². The Morgan fingerprint density at radius 1 is 0.907 bits per heavy atom. The molecule has 0 radical (unpaired) electrons. The lowest BCUT2D eigenvalue weighted by molar-refractivity contribution is -0.132. The number of carbonyl (C=O) groups excluding carboxylic acids is 2. The number of rotatable bonds is 7. The van der Waals surface area contributed by atoms with Crippen molar-refractivity contribution in [2.24, 2.45) is 0 Å². The van der Waals surface area contributed by atoms with E-state index in [2.05, 4.69) is 47.5 Å². The number of hydrogen-bond acceptors (Lipinski definition) is 8. The van der Waals surface area contributed by atoms with Gasteiger partial charge in [-0.15, -0.1) is 11.3 Å². The summed E-state index contributed by atoms with van der Waals surface area (Å²) in [6.45, 7) is 3.02. The number of H-pyrrole nitrogens is 1. The van der Waals surface area contributed by atoms with E-state index in [4.69, 9.17) is 0 Å². The predicted molar refractivity (Wildman–Crippen MR) is 166 cm³/mol. The van der Waals surface area contributed by atoms with Crippen LogP contribution in [0.25, 0.3) is 32.9 Å². The number of fused-ring (bicyclic) bond motifs is 1. The molecule has 1 saturated heterocycles. The summed E-state index contributed by atoms with van der Waals surface area (Å²) >= 11 is 1.35. The molecule has 1 fully saturated rings. The molecule has 0 atom stereocenters. The Hall–Kier alpha value is -5.36. The van der Waals surface area contributed by atoms with Gasteiger partial charge in [0.25, 0.3) is 5.91 Å². The largest absolute Gasteiger partial charge is 0.368 e. The minimum absolute atomic E-state index is 0.0494. The van der Waals surface area contributed by atoms with E-state index in [9.17, 15) is 9.59 Å². The number of hydrogen-bond donors (Lipinski definition) is 2. The number of aromatic amines is 1. The van der Waals surface area contributed by atoms with Crippen molar-refractivity contribution in [3.63, 3.8) is 0 Å². The second kappa shape index (κ2) is 11.5. The van der Waals surface area contributed by atoms with Crippen LogP contribution in [0, 0.1) is 0 Å². The third kappa shape index (κ3) is 5.60. The zero-order valence-corrected chi connectivity index (χ0v) is 23.9. The molecule has 2 amide bonds. The summed E-state index contributed by atoms with van der Waals surface area (Å²) in [5.74, 6) is 0.544. The molecule has 11 nitrogen and oxygen atoms in total. The van der Waals surface area contributed by atoms with Crippen LogP contribution in [0.4, 0.5) is 11.4 Å². The van der Waals surface area contributed by atoms with Crippen LogP contribution in [0.5, 0.6) is 0 Å².